The van der Waals surface area contributed by atoms with E-state index in [9.17, 15) is 15.4 Å². The first-order valence-corrected chi connectivity index (χ1v) is 15.2. The van der Waals surface area contributed by atoms with Crippen molar-refractivity contribution in [1.29, 1.82) is 0 Å². The zero-order valence-electron chi connectivity index (χ0n) is 23.6. The Morgan fingerprint density at radius 3 is 2.51 bits per heavy atom. The van der Waals surface area contributed by atoms with Gasteiger partial charge in [-0.3, -0.25) is 4.79 Å². The topological polar surface area (TPSA) is 149 Å². The second kappa shape index (κ2) is 14.1. The van der Waals surface area contributed by atoms with Crippen LogP contribution in [0.5, 0.6) is 5.75 Å². The number of aliphatic hydroxyl groups excluding tert-OH is 2. The quantitative estimate of drug-likeness (QED) is 0.0999. The van der Waals surface area contributed by atoms with E-state index < -0.39 is 11.6 Å². The lowest BCUT2D eigenvalue weighted by molar-refractivity contribution is -0.130. The first-order chi connectivity index (χ1) is 20.9. The third kappa shape index (κ3) is 7.19. The van der Waals surface area contributed by atoms with Crippen molar-refractivity contribution in [2.45, 2.75) is 62.3 Å². The van der Waals surface area contributed by atoms with Crippen molar-refractivity contribution in [2.24, 2.45) is 10.1 Å². The third-order valence-electron chi connectivity index (χ3n) is 7.84. The summed E-state index contributed by atoms with van der Waals surface area (Å²) >= 11 is 3.50. The van der Waals surface area contributed by atoms with Crippen molar-refractivity contribution in [2.75, 3.05) is 13.2 Å². The van der Waals surface area contributed by atoms with Crippen LogP contribution >= 0.6 is 15.9 Å². The monoisotopic (exact) mass is 647 g/mol. The molecule has 43 heavy (non-hydrogen) atoms. The highest BCUT2D eigenvalue weighted by Crippen LogP contribution is 2.44. The molecule has 11 heteroatoms. The van der Waals surface area contributed by atoms with Gasteiger partial charge in [0.05, 0.1) is 12.7 Å². The summed E-state index contributed by atoms with van der Waals surface area (Å²) in [5, 5.41) is 26.2. The molecule has 0 unspecified atom stereocenters. The lowest BCUT2D eigenvalue weighted by Crippen LogP contribution is -2.53. The normalized spacial score (nSPS) is 23.0. The molecule has 1 fully saturated rings. The second-order valence-corrected chi connectivity index (χ2v) is 11.7. The third-order valence-corrected chi connectivity index (χ3v) is 8.37. The van der Waals surface area contributed by atoms with Crippen molar-refractivity contribution >= 4 is 33.4 Å². The molecule has 3 aromatic carbocycles. The number of hydrogen-bond donors (Lipinski definition) is 3. The van der Waals surface area contributed by atoms with Crippen molar-refractivity contribution < 1.29 is 24.5 Å². The fourth-order valence-corrected chi connectivity index (χ4v) is 5.81. The van der Waals surface area contributed by atoms with Gasteiger partial charge in [-0.1, -0.05) is 57.4 Å². The van der Waals surface area contributed by atoms with Crippen LogP contribution in [0, 0.1) is 0 Å². The van der Waals surface area contributed by atoms with E-state index in [0.29, 0.717) is 67.2 Å². The van der Waals surface area contributed by atoms with Gasteiger partial charge in [0.1, 0.15) is 5.75 Å². The van der Waals surface area contributed by atoms with Crippen LogP contribution in [0.25, 0.3) is 10.4 Å². The zero-order valence-corrected chi connectivity index (χ0v) is 25.2. The van der Waals surface area contributed by atoms with Gasteiger partial charge in [0.15, 0.2) is 11.6 Å². The minimum Gasteiger partial charge on any atom is -0.494 e. The molecule has 1 heterocycles. The lowest BCUT2D eigenvalue weighted by Gasteiger charge is -2.34. The largest absolute Gasteiger partial charge is 0.494 e. The zero-order chi connectivity index (χ0) is 30.2. The number of benzene rings is 3. The van der Waals surface area contributed by atoms with E-state index >= 15 is 0 Å². The average molecular weight is 649 g/mol. The molecule has 0 saturated heterocycles. The summed E-state index contributed by atoms with van der Waals surface area (Å²) in [5.41, 5.74) is 10.3. The Balaban J connectivity index is 1.58. The van der Waals surface area contributed by atoms with Gasteiger partial charge < -0.3 is 25.0 Å². The highest BCUT2D eigenvalue weighted by molar-refractivity contribution is 9.10. The van der Waals surface area contributed by atoms with Crippen LogP contribution in [0.1, 0.15) is 54.9 Å². The van der Waals surface area contributed by atoms with Gasteiger partial charge in [-0.05, 0) is 78.7 Å². The molecule has 1 aliphatic heterocycles. The van der Waals surface area contributed by atoms with E-state index in [1.54, 1.807) is 24.3 Å². The van der Waals surface area contributed by atoms with E-state index in [-0.39, 0.29) is 31.1 Å². The molecule has 0 radical (unpaired) electrons. The predicted octanol–water partition coefficient (Wildman–Crippen LogP) is 6.07. The molecule has 1 saturated carbocycles. The number of aliphatic imine (C=N–C) groups is 1. The summed E-state index contributed by atoms with van der Waals surface area (Å²) in [5.74, 6) is 0.661. The highest BCUT2D eigenvalue weighted by atomic mass is 79.9. The maximum atomic E-state index is 14.5. The van der Waals surface area contributed by atoms with E-state index in [4.69, 9.17) is 19.6 Å². The maximum Gasteiger partial charge on any atom is 0.252 e. The van der Waals surface area contributed by atoms with Gasteiger partial charge in [0.2, 0.25) is 5.90 Å². The van der Waals surface area contributed by atoms with Crippen LogP contribution < -0.4 is 10.1 Å². The van der Waals surface area contributed by atoms with Crippen molar-refractivity contribution in [1.82, 2.24) is 5.32 Å². The smallest absolute Gasteiger partial charge is 0.252 e. The van der Waals surface area contributed by atoms with Crippen LogP contribution in [0.15, 0.2) is 87.4 Å². The molecular weight excluding hydrogens is 614 g/mol. The van der Waals surface area contributed by atoms with Gasteiger partial charge in [0, 0.05) is 46.1 Å². The molecule has 3 N–H and O–H groups in total. The van der Waals surface area contributed by atoms with E-state index in [0.717, 1.165) is 10.0 Å². The Kier molecular flexibility index (Phi) is 9.99. The molecular formula is C32H34BrN5O5. The van der Waals surface area contributed by atoms with Gasteiger partial charge in [-0.15, -0.1) is 0 Å². The summed E-state index contributed by atoms with van der Waals surface area (Å²) in [7, 11) is 0. The molecule has 0 spiro atoms. The number of carbonyl (C=O) groups excluding carboxylic acids is 1. The number of halogens is 1. The molecule has 3 aromatic rings. The Hall–Kier alpha value is -3.89. The maximum absolute atomic E-state index is 14.5. The number of azide groups is 1. The van der Waals surface area contributed by atoms with Crippen LogP contribution in [-0.2, 0) is 16.0 Å². The van der Waals surface area contributed by atoms with E-state index in [2.05, 4.69) is 31.3 Å². The standard InChI is InChI=1S/C32H34BrN5O5/c33-24-10-6-21(7-11-24)29-32(20-23-4-1-2-5-28(23)37-38-34,31(41)35-25-12-14-26(40)15-13-25)36-30(43-29)22-8-16-27(17-9-22)42-19-3-18-39/h1-2,4-11,16-17,25-26,29,39-40H,3,12-15,18-20H2,(H,35,41)/t25?,26?,29-,32-/m1/s1. The molecule has 0 aromatic heterocycles. The number of nitrogens with zero attached hydrogens (tertiary/aromatic N) is 4. The van der Waals surface area contributed by atoms with E-state index in [1.165, 1.54) is 0 Å². The minimum absolute atomic E-state index is 0.0502. The lowest BCUT2D eigenvalue weighted by atomic mass is 9.81. The molecule has 0 bridgehead atoms. The van der Waals surface area contributed by atoms with E-state index in [1.807, 2.05) is 48.5 Å². The van der Waals surface area contributed by atoms with Gasteiger partial charge in [0.25, 0.3) is 5.91 Å². The van der Waals surface area contributed by atoms with Crippen LogP contribution in [0.3, 0.4) is 0 Å². The van der Waals surface area contributed by atoms with Crippen LogP contribution in [-0.4, -0.2) is 52.9 Å². The van der Waals surface area contributed by atoms with Gasteiger partial charge in [-0.2, -0.15) is 0 Å². The first-order valence-electron chi connectivity index (χ1n) is 14.4. The Bertz CT molecular complexity index is 1480. The predicted molar refractivity (Wildman–Crippen MR) is 166 cm³/mol. The SMILES string of the molecule is [N-]=[N+]=Nc1ccccc1C[C@@]1(C(=O)NC2CCC(O)CC2)N=C(c2ccc(OCCCO)cc2)O[C@@H]1c1ccc(Br)cc1. The average Bonchev–Trinajstić information content (AvgIpc) is 3.41. The molecule has 2 aliphatic rings. The number of hydrogen-bond acceptors (Lipinski definition) is 7. The number of carbonyl (C=O) groups is 1. The molecule has 1 amide bonds. The Labute approximate surface area is 258 Å². The van der Waals surface area contributed by atoms with Gasteiger partial charge in [-0.25, -0.2) is 4.99 Å². The summed E-state index contributed by atoms with van der Waals surface area (Å²) in [6.45, 7) is 0.444. The molecule has 224 valence electrons. The number of aliphatic hydroxyl groups is 2. The molecule has 10 nitrogen and oxygen atoms in total. The number of amides is 1. The summed E-state index contributed by atoms with van der Waals surface area (Å²) < 4.78 is 13.2. The summed E-state index contributed by atoms with van der Waals surface area (Å²) in [6, 6.07) is 21.9. The van der Waals surface area contributed by atoms with Crippen LogP contribution in [0.4, 0.5) is 5.69 Å². The summed E-state index contributed by atoms with van der Waals surface area (Å²) in [4.78, 5) is 22.6. The number of rotatable bonds is 11. The van der Waals surface area contributed by atoms with Crippen molar-refractivity contribution in [3.8, 4) is 5.75 Å². The van der Waals surface area contributed by atoms with Crippen LogP contribution in [0.2, 0.25) is 0 Å². The molecule has 5 rings (SSSR count). The van der Waals surface area contributed by atoms with Crippen molar-refractivity contribution in [3.63, 3.8) is 0 Å². The highest BCUT2D eigenvalue weighted by Gasteiger charge is 2.54. The number of ether oxygens (including phenoxy) is 2. The number of nitrogens with one attached hydrogen (secondary N) is 1. The molecule has 2 atom stereocenters. The fourth-order valence-electron chi connectivity index (χ4n) is 5.55. The molecule has 1 aliphatic carbocycles. The first kappa shape index (κ1) is 30.6. The summed E-state index contributed by atoms with van der Waals surface area (Å²) in [6.07, 6.45) is 2.06. The Morgan fingerprint density at radius 1 is 1.09 bits per heavy atom. The second-order valence-electron chi connectivity index (χ2n) is 10.8. The van der Waals surface area contributed by atoms with Gasteiger partial charge >= 0.3 is 0 Å². The fraction of sp³-hybridized carbons (Fsp3) is 0.375. The minimum atomic E-state index is -1.43. The Morgan fingerprint density at radius 2 is 1.81 bits per heavy atom. The van der Waals surface area contributed by atoms with Crippen molar-refractivity contribution in [3.05, 3.63) is 104 Å².